The second kappa shape index (κ2) is 5.57. The number of halogens is 3. The van der Waals surface area contributed by atoms with Crippen LogP contribution in [0.5, 0.6) is 0 Å². The Morgan fingerprint density at radius 1 is 1.11 bits per heavy atom. The van der Waals surface area contributed by atoms with Crippen LogP contribution < -0.4 is 5.73 Å². The molecule has 0 amide bonds. The van der Waals surface area contributed by atoms with E-state index < -0.39 is 11.9 Å². The molecule has 19 heavy (non-hydrogen) atoms. The average molecular weight is 268 g/mol. The molecule has 2 aromatic rings. The first-order valence-corrected chi connectivity index (χ1v) is 6.18. The zero-order valence-electron chi connectivity index (χ0n) is 10.4. The second-order valence-electron chi connectivity index (χ2n) is 4.43. The summed E-state index contributed by atoms with van der Waals surface area (Å²) in [4.78, 5) is 3.69. The van der Waals surface area contributed by atoms with E-state index in [0.717, 1.165) is 24.3 Å². The molecule has 0 atom stereocenters. The highest BCUT2D eigenvalue weighted by Gasteiger charge is 2.33. The predicted molar refractivity (Wildman–Crippen MR) is 68.7 cm³/mol. The molecule has 1 aromatic heterocycles. The zero-order valence-corrected chi connectivity index (χ0v) is 10.4. The van der Waals surface area contributed by atoms with Gasteiger partial charge in [0.2, 0.25) is 0 Å². The van der Waals surface area contributed by atoms with Crippen molar-refractivity contribution in [3.63, 3.8) is 0 Å². The van der Waals surface area contributed by atoms with Gasteiger partial charge in [-0.1, -0.05) is 18.2 Å². The molecule has 5 heteroatoms. The lowest BCUT2D eigenvalue weighted by Gasteiger charge is -2.11. The van der Waals surface area contributed by atoms with Crippen LogP contribution in [0.1, 0.15) is 24.1 Å². The van der Waals surface area contributed by atoms with Gasteiger partial charge >= 0.3 is 6.18 Å². The van der Waals surface area contributed by atoms with Crippen LogP contribution in [-0.4, -0.2) is 11.5 Å². The lowest BCUT2D eigenvalue weighted by atomic mass is 10.0. The van der Waals surface area contributed by atoms with Gasteiger partial charge in [-0.05, 0) is 43.5 Å². The highest BCUT2D eigenvalue weighted by Crippen LogP contribution is 2.31. The Kier molecular flexibility index (Phi) is 4.04. The first-order valence-electron chi connectivity index (χ1n) is 6.18. The summed E-state index contributed by atoms with van der Waals surface area (Å²) in [6.45, 7) is 0.551. The van der Waals surface area contributed by atoms with Crippen molar-refractivity contribution in [1.29, 1.82) is 0 Å². The van der Waals surface area contributed by atoms with Crippen LogP contribution in [0.25, 0.3) is 10.9 Å². The highest BCUT2D eigenvalue weighted by molar-refractivity contribution is 5.82. The van der Waals surface area contributed by atoms with Gasteiger partial charge in [0, 0.05) is 5.39 Å². The van der Waals surface area contributed by atoms with E-state index in [2.05, 4.69) is 4.98 Å². The van der Waals surface area contributed by atoms with Crippen LogP contribution in [0, 0.1) is 0 Å². The molecule has 0 fully saturated rings. The molecule has 1 aromatic carbocycles. The molecule has 0 unspecified atom stereocenters. The summed E-state index contributed by atoms with van der Waals surface area (Å²) in [5.74, 6) is 0. The second-order valence-corrected chi connectivity index (χ2v) is 4.43. The molecule has 2 nitrogen and oxygen atoms in total. The molecular weight excluding hydrogens is 253 g/mol. The van der Waals surface area contributed by atoms with Gasteiger partial charge < -0.3 is 5.73 Å². The molecular formula is C14H15F3N2. The summed E-state index contributed by atoms with van der Waals surface area (Å²) in [6, 6.07) is 8.07. The molecule has 0 saturated heterocycles. The van der Waals surface area contributed by atoms with E-state index >= 15 is 0 Å². The topological polar surface area (TPSA) is 38.9 Å². The van der Waals surface area contributed by atoms with Crippen molar-refractivity contribution >= 4 is 10.9 Å². The molecule has 2 N–H and O–H groups in total. The Morgan fingerprint density at radius 3 is 2.53 bits per heavy atom. The van der Waals surface area contributed by atoms with Crippen molar-refractivity contribution in [3.8, 4) is 0 Å². The summed E-state index contributed by atoms with van der Waals surface area (Å²) in [5.41, 5.74) is 5.66. The molecule has 2 rings (SSSR count). The number of aromatic nitrogens is 1. The van der Waals surface area contributed by atoms with Gasteiger partial charge in [0.25, 0.3) is 0 Å². The lowest BCUT2D eigenvalue weighted by molar-refractivity contribution is -0.141. The van der Waals surface area contributed by atoms with Crippen LogP contribution in [0.4, 0.5) is 13.2 Å². The van der Waals surface area contributed by atoms with Crippen molar-refractivity contribution in [2.75, 3.05) is 6.54 Å². The number of nitrogens with zero attached hydrogens (tertiary/aromatic N) is 1. The molecule has 1 heterocycles. The number of para-hydroxylation sites is 1. The maximum atomic E-state index is 12.8. The number of aryl methyl sites for hydroxylation is 1. The molecule has 0 spiro atoms. The summed E-state index contributed by atoms with van der Waals surface area (Å²) in [5, 5.41) is 0.785. The van der Waals surface area contributed by atoms with Crippen LogP contribution in [0.15, 0.2) is 30.3 Å². The first-order chi connectivity index (χ1) is 9.02. The van der Waals surface area contributed by atoms with Crippen molar-refractivity contribution < 1.29 is 13.2 Å². The molecule has 0 aliphatic carbocycles. The highest BCUT2D eigenvalue weighted by atomic mass is 19.4. The largest absolute Gasteiger partial charge is 0.433 e. The standard InChI is InChI=1S/C14H15F3N2/c15-14(16,17)13-9-10(5-3-4-8-18)11-6-1-2-7-12(11)19-13/h1-2,6-7,9H,3-5,8,18H2. The summed E-state index contributed by atoms with van der Waals surface area (Å²) >= 11 is 0. The Bertz CT molecular complexity index is 564. The fourth-order valence-corrected chi connectivity index (χ4v) is 2.06. The number of pyridine rings is 1. The number of nitrogens with two attached hydrogens (primary N) is 1. The van der Waals surface area contributed by atoms with Crippen molar-refractivity contribution in [2.45, 2.75) is 25.4 Å². The van der Waals surface area contributed by atoms with Gasteiger partial charge in [-0.15, -0.1) is 0 Å². The number of hydrogen-bond acceptors (Lipinski definition) is 2. The monoisotopic (exact) mass is 268 g/mol. The molecule has 0 bridgehead atoms. The minimum absolute atomic E-state index is 0.389. The van der Waals surface area contributed by atoms with Gasteiger partial charge in [0.05, 0.1) is 5.52 Å². The number of rotatable bonds is 4. The Balaban J connectivity index is 2.46. The van der Waals surface area contributed by atoms with Gasteiger partial charge in [0.1, 0.15) is 5.69 Å². The average Bonchev–Trinajstić information content (AvgIpc) is 2.37. The Hall–Kier alpha value is -1.62. The third-order valence-electron chi connectivity index (χ3n) is 2.99. The van der Waals surface area contributed by atoms with Gasteiger partial charge in [-0.2, -0.15) is 13.2 Å². The summed E-state index contributed by atoms with van der Waals surface area (Å²) < 4.78 is 38.4. The maximum absolute atomic E-state index is 12.8. The van der Waals surface area contributed by atoms with Crippen LogP contribution in [0.3, 0.4) is 0 Å². The van der Waals surface area contributed by atoms with E-state index in [9.17, 15) is 13.2 Å². The number of alkyl halides is 3. The molecule has 0 aliphatic rings. The molecule has 0 radical (unpaired) electrons. The van der Waals surface area contributed by atoms with Crippen molar-refractivity contribution in [3.05, 3.63) is 41.6 Å². The fraction of sp³-hybridized carbons (Fsp3) is 0.357. The minimum Gasteiger partial charge on any atom is -0.330 e. The Labute approximate surface area is 109 Å². The maximum Gasteiger partial charge on any atom is 0.433 e. The van der Waals surface area contributed by atoms with E-state index in [1.807, 2.05) is 6.07 Å². The van der Waals surface area contributed by atoms with Gasteiger partial charge in [-0.25, -0.2) is 4.98 Å². The lowest BCUT2D eigenvalue weighted by Crippen LogP contribution is -2.09. The van der Waals surface area contributed by atoms with Gasteiger partial charge in [0.15, 0.2) is 0 Å². The van der Waals surface area contributed by atoms with Crippen LogP contribution >= 0.6 is 0 Å². The molecule has 0 saturated carbocycles. The predicted octanol–water partition coefficient (Wildman–Crippen LogP) is 3.54. The zero-order chi connectivity index (χ0) is 13.9. The van der Waals surface area contributed by atoms with E-state index in [-0.39, 0.29) is 0 Å². The fourth-order valence-electron chi connectivity index (χ4n) is 2.06. The third kappa shape index (κ3) is 3.23. The van der Waals surface area contributed by atoms with Crippen LogP contribution in [0.2, 0.25) is 0 Å². The third-order valence-corrected chi connectivity index (χ3v) is 2.99. The van der Waals surface area contributed by atoms with E-state index in [1.54, 1.807) is 18.2 Å². The quantitative estimate of drug-likeness (QED) is 0.861. The van der Waals surface area contributed by atoms with E-state index in [4.69, 9.17) is 5.73 Å². The van der Waals surface area contributed by atoms with Gasteiger partial charge in [-0.3, -0.25) is 0 Å². The normalized spacial score (nSPS) is 12.0. The van der Waals surface area contributed by atoms with Crippen molar-refractivity contribution in [2.24, 2.45) is 5.73 Å². The van der Waals surface area contributed by atoms with E-state index in [0.29, 0.717) is 24.0 Å². The molecule has 102 valence electrons. The summed E-state index contributed by atoms with van der Waals surface area (Å²) in [7, 11) is 0. The smallest absolute Gasteiger partial charge is 0.330 e. The van der Waals surface area contributed by atoms with Crippen LogP contribution in [-0.2, 0) is 12.6 Å². The number of benzene rings is 1. The summed E-state index contributed by atoms with van der Waals surface area (Å²) in [6.07, 6.45) is -2.24. The number of fused-ring (bicyclic) bond motifs is 1. The van der Waals surface area contributed by atoms with Crippen molar-refractivity contribution in [1.82, 2.24) is 4.98 Å². The SMILES string of the molecule is NCCCCc1cc(C(F)(F)F)nc2ccccc12. The molecule has 0 aliphatic heterocycles. The minimum atomic E-state index is -4.41. The van der Waals surface area contributed by atoms with E-state index in [1.165, 1.54) is 0 Å². The number of unbranched alkanes of at least 4 members (excludes halogenated alkanes) is 1. The number of hydrogen-bond donors (Lipinski definition) is 1. The Morgan fingerprint density at radius 2 is 1.84 bits per heavy atom. The first kappa shape index (κ1) is 13.8.